The predicted molar refractivity (Wildman–Crippen MR) is 133 cm³/mol. The van der Waals surface area contributed by atoms with Gasteiger partial charge in [0, 0.05) is 12.1 Å². The maximum absolute atomic E-state index is 15.0. The van der Waals surface area contributed by atoms with Crippen LogP contribution in [-0.4, -0.2) is 27.6 Å². The van der Waals surface area contributed by atoms with E-state index >= 15 is 0 Å². The molecule has 0 unspecified atom stereocenters. The van der Waals surface area contributed by atoms with Gasteiger partial charge >= 0.3 is 0 Å². The fourth-order valence-electron chi connectivity index (χ4n) is 4.75. The van der Waals surface area contributed by atoms with E-state index in [1.54, 1.807) is 6.21 Å². The second kappa shape index (κ2) is 9.64. The molecule has 0 aliphatic carbocycles. The highest BCUT2D eigenvalue weighted by atomic mass is 31.2. The molecule has 0 amide bonds. The summed E-state index contributed by atoms with van der Waals surface area (Å²) in [5.74, 6) is 0. The monoisotopic (exact) mass is 445 g/mol. The van der Waals surface area contributed by atoms with E-state index in [1.807, 2.05) is 42.5 Å². The van der Waals surface area contributed by atoms with E-state index in [4.69, 9.17) is 4.76 Å². The van der Waals surface area contributed by atoms with Crippen molar-refractivity contribution in [1.29, 1.82) is 0 Å². The minimum atomic E-state index is -3.28. The van der Waals surface area contributed by atoms with Gasteiger partial charge in [-0.1, -0.05) is 91.0 Å². The van der Waals surface area contributed by atoms with E-state index in [0.29, 0.717) is 0 Å². The van der Waals surface area contributed by atoms with Crippen molar-refractivity contribution in [3.05, 3.63) is 108 Å². The lowest BCUT2D eigenvalue weighted by atomic mass is 9.92. The summed E-state index contributed by atoms with van der Waals surface area (Å²) in [7, 11) is -3.28. The summed E-state index contributed by atoms with van der Waals surface area (Å²) in [5, 5.41) is 0. The average molecular weight is 446 g/mol. The summed E-state index contributed by atoms with van der Waals surface area (Å²) in [6, 6.07) is 30.8. The van der Waals surface area contributed by atoms with Crippen molar-refractivity contribution in [2.45, 2.75) is 51.9 Å². The Morgan fingerprint density at radius 1 is 0.688 bits per heavy atom. The van der Waals surface area contributed by atoms with Crippen molar-refractivity contribution in [2.75, 3.05) is 0 Å². The van der Waals surface area contributed by atoms with E-state index in [-0.39, 0.29) is 24.2 Å². The third-order valence-electron chi connectivity index (χ3n) is 5.97. The number of hydrogen-bond donors (Lipinski definition) is 0. The largest absolute Gasteiger partial charge is 0.630 e. The average Bonchev–Trinajstić information content (AvgIpc) is 3.09. The smallest absolute Gasteiger partial charge is 0.238 e. The van der Waals surface area contributed by atoms with Crippen molar-refractivity contribution < 1.29 is 4.89 Å². The minimum Gasteiger partial charge on any atom is -0.630 e. The fourth-order valence-corrected chi connectivity index (χ4v) is 7.88. The Bertz CT molecular complexity index is 967. The molecule has 0 N–H and O–H groups in total. The Morgan fingerprint density at radius 3 is 1.44 bits per heavy atom. The Balaban J connectivity index is 1.92. The lowest BCUT2D eigenvalue weighted by molar-refractivity contribution is -0.193. The van der Waals surface area contributed by atoms with Crippen LogP contribution in [-0.2, 0) is 0 Å². The van der Waals surface area contributed by atoms with Gasteiger partial charge in [-0.3, -0.25) is 0 Å². The van der Waals surface area contributed by atoms with Crippen molar-refractivity contribution >= 4 is 14.2 Å². The second-order valence-corrected chi connectivity index (χ2v) is 11.0. The first-order valence-electron chi connectivity index (χ1n) is 11.3. The van der Waals surface area contributed by atoms with Gasteiger partial charge in [0.05, 0.1) is 18.3 Å². The van der Waals surface area contributed by atoms with Crippen LogP contribution >= 0.6 is 7.94 Å². The number of nitrogens with zero attached hydrogens (tertiary/aromatic N) is 3. The third-order valence-corrected chi connectivity index (χ3v) is 9.01. The summed E-state index contributed by atoms with van der Waals surface area (Å²) >= 11 is 0. The Labute approximate surface area is 192 Å². The number of benzene rings is 3. The molecule has 0 aromatic heterocycles. The fraction of sp³-hybridized carbons (Fsp3) is 0.296. The van der Waals surface area contributed by atoms with E-state index in [2.05, 4.69) is 85.6 Å². The molecule has 1 saturated heterocycles. The molecule has 2 atom stereocenters. The van der Waals surface area contributed by atoms with Gasteiger partial charge in [-0.25, -0.2) is 0 Å². The highest BCUT2D eigenvalue weighted by molar-refractivity contribution is 7.63. The van der Waals surface area contributed by atoms with Crippen LogP contribution in [0.3, 0.4) is 0 Å². The maximum atomic E-state index is 15.0. The molecule has 1 heterocycles. The van der Waals surface area contributed by atoms with Gasteiger partial charge in [-0.15, -0.1) is 14.1 Å². The third kappa shape index (κ3) is 4.29. The van der Waals surface area contributed by atoms with Crippen LogP contribution in [0.1, 0.15) is 56.5 Å². The van der Waals surface area contributed by atoms with Crippen molar-refractivity contribution in [3.63, 3.8) is 0 Å². The van der Waals surface area contributed by atoms with Gasteiger partial charge in [0.25, 0.3) is 0 Å². The zero-order valence-corrected chi connectivity index (χ0v) is 20.1. The lowest BCUT2D eigenvalue weighted by Gasteiger charge is -2.39. The first kappa shape index (κ1) is 22.8. The molecule has 1 aliphatic heterocycles. The van der Waals surface area contributed by atoms with Crippen LogP contribution in [0.25, 0.3) is 0 Å². The summed E-state index contributed by atoms with van der Waals surface area (Å²) in [6.07, 6.45) is 1.78. The van der Waals surface area contributed by atoms with Gasteiger partial charge in [0.2, 0.25) is 7.94 Å². The Kier molecular flexibility index (Phi) is 6.88. The Hall–Kier alpha value is -2.36. The molecular formula is C27H32N3OP. The zero-order chi connectivity index (χ0) is 22.7. The summed E-state index contributed by atoms with van der Waals surface area (Å²) < 4.78 is 9.17. The molecule has 166 valence electrons. The van der Waals surface area contributed by atoms with Gasteiger partial charge in [0.1, 0.15) is 0 Å². The van der Waals surface area contributed by atoms with Gasteiger partial charge in [-0.05, 0) is 44.4 Å². The number of rotatable bonds is 6. The predicted octanol–water partition coefficient (Wildman–Crippen LogP) is 6.06. The zero-order valence-electron chi connectivity index (χ0n) is 19.2. The molecule has 32 heavy (non-hydrogen) atoms. The van der Waals surface area contributed by atoms with Crippen LogP contribution in [0.2, 0.25) is 0 Å². The number of hydrogen-bond acceptors (Lipinski definition) is 4. The van der Waals surface area contributed by atoms with E-state index in [0.717, 1.165) is 16.7 Å². The molecule has 0 spiro atoms. The summed E-state index contributed by atoms with van der Waals surface area (Å²) in [6.45, 7) is 8.47. The van der Waals surface area contributed by atoms with Crippen LogP contribution in [0.15, 0.2) is 95.8 Å². The van der Waals surface area contributed by atoms with Crippen LogP contribution in [0, 0.1) is 0 Å². The summed E-state index contributed by atoms with van der Waals surface area (Å²) in [4.78, 5) is 15.0. The molecule has 3 aromatic rings. The van der Waals surface area contributed by atoms with E-state index < -0.39 is 7.94 Å². The molecular weight excluding hydrogens is 413 g/mol. The SMILES string of the molecule is CC(C)N1[C@@H](c2ccccc2)[C@H](c2ccccc2)N(C(C)C)[P+]1([O-])/N=C/c1ccccc1. The topological polar surface area (TPSA) is 41.9 Å². The molecule has 1 fully saturated rings. The standard InChI is InChI=1S/C27H32N3OP/c1-21(2)29-26(24-16-10-6-11-17-24)27(25-18-12-7-13-19-25)30(22(3)4)32(29,31)28-20-23-14-8-5-9-15-23/h5-22,26-27H,1-4H3/b28-20+/t26-,27-/m0/s1. The van der Waals surface area contributed by atoms with Crippen molar-refractivity contribution in [1.82, 2.24) is 9.34 Å². The molecule has 4 rings (SSSR count). The van der Waals surface area contributed by atoms with Crippen LogP contribution in [0.5, 0.6) is 0 Å². The van der Waals surface area contributed by atoms with E-state index in [9.17, 15) is 4.89 Å². The van der Waals surface area contributed by atoms with Crippen LogP contribution < -0.4 is 4.89 Å². The first-order valence-corrected chi connectivity index (χ1v) is 12.9. The van der Waals surface area contributed by atoms with Gasteiger partial charge < -0.3 is 4.89 Å². The lowest BCUT2D eigenvalue weighted by Crippen LogP contribution is -2.39. The van der Waals surface area contributed by atoms with Crippen LogP contribution in [0.4, 0.5) is 0 Å². The van der Waals surface area contributed by atoms with Gasteiger partial charge in [0.15, 0.2) is 0 Å². The highest BCUT2D eigenvalue weighted by Gasteiger charge is 2.62. The molecule has 3 aromatic carbocycles. The molecule has 0 saturated carbocycles. The summed E-state index contributed by atoms with van der Waals surface area (Å²) in [5.41, 5.74) is 3.27. The molecule has 0 radical (unpaired) electrons. The minimum absolute atomic E-state index is 0.0499. The quantitative estimate of drug-likeness (QED) is 0.342. The van der Waals surface area contributed by atoms with Gasteiger partial charge in [-0.2, -0.15) is 0 Å². The second-order valence-electron chi connectivity index (χ2n) is 8.83. The first-order chi connectivity index (χ1) is 15.4. The maximum Gasteiger partial charge on any atom is 0.238 e. The Morgan fingerprint density at radius 2 is 1.06 bits per heavy atom. The molecule has 0 bridgehead atoms. The van der Waals surface area contributed by atoms with Crippen molar-refractivity contribution in [3.8, 4) is 0 Å². The normalized spacial score (nSPS) is 21.7. The molecule has 5 heteroatoms. The van der Waals surface area contributed by atoms with E-state index in [1.165, 1.54) is 0 Å². The molecule has 4 nitrogen and oxygen atoms in total. The highest BCUT2D eigenvalue weighted by Crippen LogP contribution is 2.74. The molecule has 1 aliphatic rings. The van der Waals surface area contributed by atoms with Crippen molar-refractivity contribution in [2.24, 2.45) is 4.76 Å².